The summed E-state index contributed by atoms with van der Waals surface area (Å²) in [5.74, 6) is -0.0706. The van der Waals surface area contributed by atoms with Crippen LogP contribution in [-0.4, -0.2) is 5.78 Å². The van der Waals surface area contributed by atoms with Gasteiger partial charge in [-0.05, 0) is 36.8 Å². The van der Waals surface area contributed by atoms with Gasteiger partial charge in [0.1, 0.15) is 11.6 Å². The Hall–Kier alpha value is -1.61. The zero-order chi connectivity index (χ0) is 12.4. The van der Waals surface area contributed by atoms with E-state index in [9.17, 15) is 9.18 Å². The molecule has 88 valence electrons. The van der Waals surface area contributed by atoms with Gasteiger partial charge in [0, 0.05) is 11.4 Å². The summed E-state index contributed by atoms with van der Waals surface area (Å²) >= 11 is 5.76. The number of carbonyl (C=O) groups excluding carboxylic acids is 1. The zero-order valence-electron chi connectivity index (χ0n) is 9.17. The first-order valence-electron chi connectivity index (χ1n) is 5.09. The summed E-state index contributed by atoms with van der Waals surface area (Å²) in [7, 11) is 0. The van der Waals surface area contributed by atoms with Crippen molar-refractivity contribution in [1.29, 1.82) is 0 Å². The highest BCUT2D eigenvalue weighted by atomic mass is 35.5. The van der Waals surface area contributed by atoms with Crippen molar-refractivity contribution in [3.8, 4) is 0 Å². The molecular weight excluding hydrogens is 243 g/mol. The molecule has 0 amide bonds. The number of ketones is 1. The topological polar surface area (TPSA) is 30.2 Å². The van der Waals surface area contributed by atoms with Gasteiger partial charge in [0.25, 0.3) is 0 Å². The second kappa shape index (κ2) is 4.72. The average molecular weight is 253 g/mol. The van der Waals surface area contributed by atoms with E-state index in [-0.39, 0.29) is 12.2 Å². The van der Waals surface area contributed by atoms with Gasteiger partial charge in [0.05, 0.1) is 11.8 Å². The molecule has 4 heteroatoms. The number of carbonyl (C=O) groups is 1. The number of hydrogen-bond donors (Lipinski definition) is 0. The monoisotopic (exact) mass is 252 g/mol. The molecule has 2 nitrogen and oxygen atoms in total. The smallest absolute Gasteiger partial charge is 0.170 e. The van der Waals surface area contributed by atoms with Crippen LogP contribution in [-0.2, 0) is 6.42 Å². The van der Waals surface area contributed by atoms with Crippen LogP contribution in [0.1, 0.15) is 21.7 Å². The third-order valence-corrected chi connectivity index (χ3v) is 2.75. The molecule has 0 fully saturated rings. The first kappa shape index (κ1) is 11.9. The van der Waals surface area contributed by atoms with Gasteiger partial charge in [-0.15, -0.1) is 0 Å². The largest absolute Gasteiger partial charge is 0.469 e. The molecule has 0 aliphatic heterocycles. The second-order valence-corrected chi connectivity index (χ2v) is 4.16. The zero-order valence-corrected chi connectivity index (χ0v) is 9.92. The summed E-state index contributed by atoms with van der Waals surface area (Å²) in [6.45, 7) is 1.70. The highest BCUT2D eigenvalue weighted by Gasteiger charge is 2.14. The van der Waals surface area contributed by atoms with Crippen molar-refractivity contribution in [2.75, 3.05) is 0 Å². The lowest BCUT2D eigenvalue weighted by molar-refractivity contribution is 0.0990. The number of rotatable bonds is 3. The molecule has 0 bridgehead atoms. The Morgan fingerprint density at radius 3 is 2.82 bits per heavy atom. The lowest BCUT2D eigenvalue weighted by Crippen LogP contribution is -2.05. The van der Waals surface area contributed by atoms with E-state index in [1.165, 1.54) is 24.5 Å². The van der Waals surface area contributed by atoms with E-state index >= 15 is 0 Å². The van der Waals surface area contributed by atoms with Gasteiger partial charge in [0.15, 0.2) is 5.78 Å². The molecule has 0 unspecified atom stereocenters. The van der Waals surface area contributed by atoms with E-state index < -0.39 is 5.82 Å². The van der Waals surface area contributed by atoms with Crippen molar-refractivity contribution >= 4 is 17.4 Å². The predicted octanol–water partition coefficient (Wildman–Crippen LogP) is 3.81. The molecule has 0 saturated carbocycles. The summed E-state index contributed by atoms with van der Waals surface area (Å²) < 4.78 is 18.5. The van der Waals surface area contributed by atoms with E-state index in [1.807, 2.05) is 0 Å². The highest BCUT2D eigenvalue weighted by molar-refractivity contribution is 6.30. The second-order valence-electron chi connectivity index (χ2n) is 3.73. The van der Waals surface area contributed by atoms with Crippen LogP contribution >= 0.6 is 11.6 Å². The summed E-state index contributed by atoms with van der Waals surface area (Å²) in [4.78, 5) is 11.9. The Kier molecular flexibility index (Phi) is 3.29. The number of halogens is 2. The molecule has 1 heterocycles. The van der Waals surface area contributed by atoms with Gasteiger partial charge in [-0.1, -0.05) is 11.6 Å². The number of hydrogen-bond acceptors (Lipinski definition) is 2. The summed E-state index contributed by atoms with van der Waals surface area (Å²) in [6.07, 6.45) is 1.42. The third kappa shape index (κ3) is 2.56. The third-order valence-electron chi connectivity index (χ3n) is 2.52. The summed E-state index contributed by atoms with van der Waals surface area (Å²) in [6, 6.07) is 5.76. The molecule has 1 aromatic carbocycles. The molecule has 2 rings (SSSR count). The SMILES string of the molecule is Cc1occc1C(=O)Cc1cc(Cl)ccc1F. The maximum absolute atomic E-state index is 13.4. The van der Waals surface area contributed by atoms with E-state index in [0.717, 1.165) is 0 Å². The fourth-order valence-electron chi connectivity index (χ4n) is 1.62. The van der Waals surface area contributed by atoms with E-state index in [1.54, 1.807) is 13.0 Å². The van der Waals surface area contributed by atoms with Gasteiger partial charge in [-0.2, -0.15) is 0 Å². The van der Waals surface area contributed by atoms with Crippen LogP contribution < -0.4 is 0 Å². The minimum absolute atomic E-state index is 0.0211. The molecule has 0 spiro atoms. The number of aryl methyl sites for hydroxylation is 1. The van der Waals surface area contributed by atoms with Crippen molar-refractivity contribution in [1.82, 2.24) is 0 Å². The predicted molar refractivity (Wildman–Crippen MR) is 62.9 cm³/mol. The number of furan rings is 1. The van der Waals surface area contributed by atoms with E-state index in [4.69, 9.17) is 16.0 Å². The van der Waals surface area contributed by atoms with Crippen LogP contribution in [0.4, 0.5) is 4.39 Å². The maximum Gasteiger partial charge on any atom is 0.170 e. The first-order valence-corrected chi connectivity index (χ1v) is 5.47. The van der Waals surface area contributed by atoms with Gasteiger partial charge in [-0.25, -0.2) is 4.39 Å². The molecule has 2 aromatic rings. The lowest BCUT2D eigenvalue weighted by atomic mass is 10.0. The first-order chi connectivity index (χ1) is 8.08. The Bertz CT molecular complexity index is 560. The van der Waals surface area contributed by atoms with E-state index in [2.05, 4.69) is 0 Å². The van der Waals surface area contributed by atoms with Crippen molar-refractivity contribution in [2.24, 2.45) is 0 Å². The van der Waals surface area contributed by atoms with Gasteiger partial charge < -0.3 is 4.42 Å². The molecular formula is C13H10ClFO2. The van der Waals surface area contributed by atoms with Crippen LogP contribution in [0.25, 0.3) is 0 Å². The van der Waals surface area contributed by atoms with Crippen molar-refractivity contribution in [2.45, 2.75) is 13.3 Å². The minimum atomic E-state index is -0.427. The Morgan fingerprint density at radius 1 is 1.41 bits per heavy atom. The van der Waals surface area contributed by atoms with Crippen molar-refractivity contribution in [3.63, 3.8) is 0 Å². The number of benzene rings is 1. The molecule has 0 atom stereocenters. The molecule has 17 heavy (non-hydrogen) atoms. The summed E-state index contributed by atoms with van der Waals surface area (Å²) in [5.41, 5.74) is 0.771. The normalized spacial score (nSPS) is 10.5. The maximum atomic E-state index is 13.4. The van der Waals surface area contributed by atoms with Gasteiger partial charge >= 0.3 is 0 Å². The molecule has 0 N–H and O–H groups in total. The quantitative estimate of drug-likeness (QED) is 0.778. The average Bonchev–Trinajstić information content (AvgIpc) is 2.70. The van der Waals surface area contributed by atoms with Gasteiger partial charge in [-0.3, -0.25) is 4.79 Å². The Morgan fingerprint density at radius 2 is 2.18 bits per heavy atom. The Balaban J connectivity index is 2.24. The fraction of sp³-hybridized carbons (Fsp3) is 0.154. The van der Waals surface area contributed by atoms with Crippen molar-refractivity contribution in [3.05, 3.63) is 58.3 Å². The minimum Gasteiger partial charge on any atom is -0.469 e. The van der Waals surface area contributed by atoms with Crippen LogP contribution in [0.3, 0.4) is 0 Å². The lowest BCUT2D eigenvalue weighted by Gasteiger charge is -2.02. The Labute approximate surface area is 103 Å². The van der Waals surface area contributed by atoms with E-state index in [0.29, 0.717) is 21.9 Å². The van der Waals surface area contributed by atoms with Crippen LogP contribution in [0, 0.1) is 12.7 Å². The molecule has 0 aliphatic rings. The standard InChI is InChI=1S/C13H10ClFO2/c1-8-11(4-5-17-8)13(16)7-9-6-10(14)2-3-12(9)15/h2-6H,7H2,1H3. The molecule has 0 saturated heterocycles. The van der Waals surface area contributed by atoms with Gasteiger partial charge in [0.2, 0.25) is 0 Å². The highest BCUT2D eigenvalue weighted by Crippen LogP contribution is 2.18. The molecule has 1 aromatic heterocycles. The molecule has 0 radical (unpaired) electrons. The van der Waals surface area contributed by atoms with Crippen LogP contribution in [0.5, 0.6) is 0 Å². The van der Waals surface area contributed by atoms with Crippen LogP contribution in [0.15, 0.2) is 34.9 Å². The van der Waals surface area contributed by atoms with Crippen LogP contribution in [0.2, 0.25) is 5.02 Å². The summed E-state index contributed by atoms with van der Waals surface area (Å²) in [5, 5.41) is 0.415. The van der Waals surface area contributed by atoms with Crippen molar-refractivity contribution < 1.29 is 13.6 Å². The molecule has 0 aliphatic carbocycles. The number of Topliss-reactive ketones (excluding diaryl/α,β-unsaturated/α-hetero) is 1. The fourth-order valence-corrected chi connectivity index (χ4v) is 1.82.